The van der Waals surface area contributed by atoms with Gasteiger partial charge in [0.25, 0.3) is 11.6 Å². The third kappa shape index (κ3) is 2.21. The molecule has 1 fully saturated rings. The van der Waals surface area contributed by atoms with E-state index in [0.717, 1.165) is 12.8 Å². The normalized spacial score (nSPS) is 26.1. The summed E-state index contributed by atoms with van der Waals surface area (Å²) in [5.41, 5.74) is -2.75. The predicted octanol–water partition coefficient (Wildman–Crippen LogP) is 1.76. The van der Waals surface area contributed by atoms with Crippen molar-refractivity contribution in [1.29, 1.82) is 0 Å². The molecule has 1 atom stereocenters. The second kappa shape index (κ2) is 4.30. The van der Waals surface area contributed by atoms with Crippen LogP contribution < -0.4 is 0 Å². The quantitative estimate of drug-likeness (QED) is 0.873. The summed E-state index contributed by atoms with van der Waals surface area (Å²) < 4.78 is 39.1. The standard InChI is InChI=1S/C12H13F3N4O2/c1-6-5-11(21,12(13,14)15)19(18-6)10(20)9-4-8(16-17-9)7-2-3-7/h4,7,21H,2-3,5H2,1H3,(H,16,17)/t11-/m0/s1. The molecule has 114 valence electrons. The Bertz CT molecular complexity index is 620. The van der Waals surface area contributed by atoms with Crippen molar-refractivity contribution in [2.75, 3.05) is 0 Å². The lowest BCUT2D eigenvalue weighted by molar-refractivity contribution is -0.297. The lowest BCUT2D eigenvalue weighted by Gasteiger charge is -2.32. The zero-order chi connectivity index (χ0) is 15.4. The average molecular weight is 302 g/mol. The molecular weight excluding hydrogens is 289 g/mol. The van der Waals surface area contributed by atoms with Crippen LogP contribution in [0.3, 0.4) is 0 Å². The van der Waals surface area contributed by atoms with E-state index >= 15 is 0 Å². The summed E-state index contributed by atoms with van der Waals surface area (Å²) in [6.45, 7) is 1.32. The Kier molecular flexibility index (Phi) is 2.88. The van der Waals surface area contributed by atoms with E-state index in [-0.39, 0.29) is 22.3 Å². The van der Waals surface area contributed by atoms with Gasteiger partial charge in [0.15, 0.2) is 5.69 Å². The second-order valence-corrected chi connectivity index (χ2v) is 5.43. The Morgan fingerprint density at radius 2 is 2.19 bits per heavy atom. The van der Waals surface area contributed by atoms with Gasteiger partial charge in [-0.25, -0.2) is 0 Å². The van der Waals surface area contributed by atoms with Gasteiger partial charge in [-0.3, -0.25) is 9.89 Å². The van der Waals surface area contributed by atoms with Gasteiger partial charge in [0.1, 0.15) is 0 Å². The van der Waals surface area contributed by atoms with Crippen molar-refractivity contribution in [2.45, 2.75) is 44.0 Å². The van der Waals surface area contributed by atoms with Crippen LogP contribution in [0.2, 0.25) is 0 Å². The molecule has 6 nitrogen and oxygen atoms in total. The Hall–Kier alpha value is -1.90. The van der Waals surface area contributed by atoms with E-state index in [2.05, 4.69) is 15.3 Å². The number of aromatic nitrogens is 2. The molecule has 0 saturated heterocycles. The largest absolute Gasteiger partial charge is 0.438 e. The molecule has 1 aromatic rings. The van der Waals surface area contributed by atoms with Gasteiger partial charge >= 0.3 is 6.18 Å². The molecule has 0 unspecified atom stereocenters. The highest BCUT2D eigenvalue weighted by Gasteiger charge is 2.63. The van der Waals surface area contributed by atoms with Gasteiger partial charge in [-0.2, -0.15) is 28.4 Å². The number of aliphatic hydroxyl groups is 1. The molecule has 1 amide bonds. The minimum Gasteiger partial charge on any atom is -0.362 e. The number of carbonyl (C=O) groups excluding carboxylic acids is 1. The van der Waals surface area contributed by atoms with Gasteiger partial charge in [0, 0.05) is 23.7 Å². The highest BCUT2D eigenvalue weighted by atomic mass is 19.4. The number of nitrogens with zero attached hydrogens (tertiary/aromatic N) is 3. The minimum atomic E-state index is -5.00. The fourth-order valence-electron chi connectivity index (χ4n) is 2.31. The van der Waals surface area contributed by atoms with Crippen molar-refractivity contribution in [2.24, 2.45) is 5.10 Å². The molecule has 3 rings (SSSR count). The van der Waals surface area contributed by atoms with Crippen LogP contribution in [0.25, 0.3) is 0 Å². The number of carbonyl (C=O) groups is 1. The molecule has 1 saturated carbocycles. The SMILES string of the molecule is CC1=NN(C(=O)c2cc(C3CC3)[nH]n2)[C@@](O)(C(F)(F)F)C1. The molecule has 1 aliphatic heterocycles. The Labute approximate surface area is 117 Å². The molecule has 0 radical (unpaired) electrons. The number of H-pyrrole nitrogens is 1. The van der Waals surface area contributed by atoms with Gasteiger partial charge in [-0.05, 0) is 25.8 Å². The topological polar surface area (TPSA) is 81.6 Å². The van der Waals surface area contributed by atoms with Crippen molar-refractivity contribution in [1.82, 2.24) is 15.2 Å². The molecule has 2 heterocycles. The Balaban J connectivity index is 1.90. The van der Waals surface area contributed by atoms with Gasteiger partial charge in [0.05, 0.1) is 0 Å². The first kappa shape index (κ1) is 14.1. The lowest BCUT2D eigenvalue weighted by atomic mass is 10.1. The number of hydrazone groups is 1. The molecule has 0 aromatic carbocycles. The number of alkyl halides is 3. The molecule has 2 N–H and O–H groups in total. The molecule has 2 aliphatic rings. The van der Waals surface area contributed by atoms with Crippen LogP contribution in [0.1, 0.15) is 48.3 Å². The molecular formula is C12H13F3N4O2. The monoisotopic (exact) mass is 302 g/mol. The fourth-order valence-corrected chi connectivity index (χ4v) is 2.31. The maximum Gasteiger partial charge on any atom is 0.438 e. The summed E-state index contributed by atoms with van der Waals surface area (Å²) in [4.78, 5) is 12.2. The van der Waals surface area contributed by atoms with Gasteiger partial charge in [0.2, 0.25) is 0 Å². The van der Waals surface area contributed by atoms with Crippen LogP contribution in [0.15, 0.2) is 11.2 Å². The van der Waals surface area contributed by atoms with Crippen LogP contribution in [0.5, 0.6) is 0 Å². The van der Waals surface area contributed by atoms with Crippen molar-refractivity contribution in [3.8, 4) is 0 Å². The number of hydrogen-bond acceptors (Lipinski definition) is 4. The summed E-state index contributed by atoms with van der Waals surface area (Å²) in [7, 11) is 0. The summed E-state index contributed by atoms with van der Waals surface area (Å²) in [6, 6.07) is 1.42. The van der Waals surface area contributed by atoms with Gasteiger partial charge in [-0.15, -0.1) is 0 Å². The maximum atomic E-state index is 13.0. The molecule has 9 heteroatoms. The zero-order valence-electron chi connectivity index (χ0n) is 11.1. The first-order valence-corrected chi connectivity index (χ1v) is 6.45. The average Bonchev–Trinajstić information content (AvgIpc) is 3.01. The summed E-state index contributed by atoms with van der Waals surface area (Å²) in [5, 5.41) is 19.8. The smallest absolute Gasteiger partial charge is 0.362 e. The van der Waals surface area contributed by atoms with Crippen molar-refractivity contribution < 1.29 is 23.1 Å². The maximum absolute atomic E-state index is 13.0. The van der Waals surface area contributed by atoms with Gasteiger partial charge in [-0.1, -0.05) is 0 Å². The summed E-state index contributed by atoms with van der Waals surface area (Å²) >= 11 is 0. The van der Waals surface area contributed by atoms with Crippen LogP contribution >= 0.6 is 0 Å². The van der Waals surface area contributed by atoms with Crippen LogP contribution in [0, 0.1) is 0 Å². The minimum absolute atomic E-state index is 0.0288. The fraction of sp³-hybridized carbons (Fsp3) is 0.583. The van der Waals surface area contributed by atoms with Crippen molar-refractivity contribution in [3.63, 3.8) is 0 Å². The number of hydrogen-bond donors (Lipinski definition) is 2. The lowest BCUT2D eigenvalue weighted by Crippen LogP contribution is -2.56. The number of rotatable bonds is 2. The van der Waals surface area contributed by atoms with Crippen molar-refractivity contribution >= 4 is 11.6 Å². The first-order chi connectivity index (χ1) is 9.72. The van der Waals surface area contributed by atoms with Crippen LogP contribution in [-0.4, -0.2) is 43.8 Å². The second-order valence-electron chi connectivity index (χ2n) is 5.43. The zero-order valence-corrected chi connectivity index (χ0v) is 11.1. The Morgan fingerprint density at radius 3 is 2.76 bits per heavy atom. The molecule has 1 aliphatic carbocycles. The number of halogens is 3. The number of aromatic amines is 1. The van der Waals surface area contributed by atoms with Crippen LogP contribution in [-0.2, 0) is 0 Å². The number of nitrogens with one attached hydrogen (secondary N) is 1. The van der Waals surface area contributed by atoms with Gasteiger partial charge < -0.3 is 5.11 Å². The highest BCUT2D eigenvalue weighted by molar-refractivity contribution is 5.96. The van der Waals surface area contributed by atoms with E-state index in [4.69, 9.17) is 0 Å². The molecule has 0 bridgehead atoms. The third-order valence-electron chi connectivity index (χ3n) is 3.60. The van der Waals surface area contributed by atoms with E-state index < -0.39 is 24.2 Å². The van der Waals surface area contributed by atoms with E-state index in [0.29, 0.717) is 5.69 Å². The summed E-state index contributed by atoms with van der Waals surface area (Å²) in [6.07, 6.45) is -3.84. The van der Waals surface area contributed by atoms with E-state index in [1.54, 1.807) is 0 Å². The van der Waals surface area contributed by atoms with Crippen molar-refractivity contribution in [3.05, 3.63) is 17.5 Å². The Morgan fingerprint density at radius 1 is 1.52 bits per heavy atom. The highest BCUT2D eigenvalue weighted by Crippen LogP contribution is 2.42. The predicted molar refractivity (Wildman–Crippen MR) is 65.5 cm³/mol. The third-order valence-corrected chi connectivity index (χ3v) is 3.60. The number of amides is 1. The molecule has 21 heavy (non-hydrogen) atoms. The first-order valence-electron chi connectivity index (χ1n) is 6.45. The molecule has 0 spiro atoms. The van der Waals surface area contributed by atoms with Crippen LogP contribution in [0.4, 0.5) is 13.2 Å². The summed E-state index contributed by atoms with van der Waals surface area (Å²) in [5.74, 6) is -0.792. The van der Waals surface area contributed by atoms with E-state index in [9.17, 15) is 23.1 Å². The van der Waals surface area contributed by atoms with E-state index in [1.807, 2.05) is 0 Å². The van der Waals surface area contributed by atoms with E-state index in [1.165, 1.54) is 13.0 Å². The molecule has 1 aromatic heterocycles.